The summed E-state index contributed by atoms with van der Waals surface area (Å²) in [6.45, 7) is 0.263. The number of nitrogens with zero attached hydrogens (tertiary/aromatic N) is 3. The van der Waals surface area contributed by atoms with Crippen LogP contribution in [0.3, 0.4) is 0 Å². The molecule has 1 aromatic heterocycles. The summed E-state index contributed by atoms with van der Waals surface area (Å²) in [6, 6.07) is 14.4. The second-order valence-corrected chi connectivity index (χ2v) is 7.12. The van der Waals surface area contributed by atoms with Crippen molar-refractivity contribution in [2.24, 2.45) is 7.05 Å². The van der Waals surface area contributed by atoms with E-state index in [0.29, 0.717) is 33.2 Å². The van der Waals surface area contributed by atoms with E-state index in [9.17, 15) is 4.79 Å². The Hall–Kier alpha value is -2.71. The van der Waals surface area contributed by atoms with Crippen LogP contribution in [0.2, 0.25) is 5.02 Å². The Bertz CT molecular complexity index is 947. The van der Waals surface area contributed by atoms with Crippen molar-refractivity contribution in [2.45, 2.75) is 11.8 Å². The lowest BCUT2D eigenvalue weighted by Gasteiger charge is -2.09. The van der Waals surface area contributed by atoms with Crippen LogP contribution in [0, 0.1) is 0 Å². The predicted molar refractivity (Wildman–Crippen MR) is 109 cm³/mol. The molecule has 0 saturated carbocycles. The highest BCUT2D eigenvalue weighted by atomic mass is 35.5. The molecule has 2 aromatic carbocycles. The zero-order valence-corrected chi connectivity index (χ0v) is 17.0. The summed E-state index contributed by atoms with van der Waals surface area (Å²) < 4.78 is 12.7. The maximum absolute atomic E-state index is 12.2. The van der Waals surface area contributed by atoms with Crippen LogP contribution >= 0.6 is 23.4 Å². The number of hydrogen-bond donors (Lipinski definition) is 1. The molecule has 28 heavy (non-hydrogen) atoms. The summed E-state index contributed by atoms with van der Waals surface area (Å²) in [7, 11) is 3.40. The van der Waals surface area contributed by atoms with Gasteiger partial charge in [0.25, 0.3) is 0 Å². The van der Waals surface area contributed by atoms with Crippen LogP contribution in [0.5, 0.6) is 11.5 Å². The normalized spacial score (nSPS) is 10.5. The zero-order chi connectivity index (χ0) is 19.9. The van der Waals surface area contributed by atoms with E-state index < -0.39 is 0 Å². The Morgan fingerprint density at radius 3 is 2.68 bits per heavy atom. The van der Waals surface area contributed by atoms with Gasteiger partial charge in [0, 0.05) is 12.1 Å². The monoisotopic (exact) mass is 418 g/mol. The van der Waals surface area contributed by atoms with Crippen molar-refractivity contribution < 1.29 is 14.3 Å². The van der Waals surface area contributed by atoms with Crippen molar-refractivity contribution in [3.05, 3.63) is 59.4 Å². The summed E-state index contributed by atoms with van der Waals surface area (Å²) in [4.78, 5) is 12.2. The molecular formula is C19H19ClN4O3S. The fourth-order valence-corrected chi connectivity index (χ4v) is 3.20. The third kappa shape index (κ3) is 5.17. The summed E-state index contributed by atoms with van der Waals surface area (Å²) in [5.74, 6) is 2.00. The summed E-state index contributed by atoms with van der Waals surface area (Å²) in [6.07, 6.45) is 0. The third-order valence-corrected chi connectivity index (χ3v) is 5.09. The van der Waals surface area contributed by atoms with Gasteiger partial charge in [-0.1, -0.05) is 35.5 Å². The van der Waals surface area contributed by atoms with E-state index in [1.807, 2.05) is 19.2 Å². The standard InChI is InChI=1S/C19H19ClN4O3S/c1-24-17(11-27-14-9-7-13(20)8-10-14)22-23-19(24)28-12-18(25)21-15-5-3-4-6-16(15)26-2/h3-10H,11-12H2,1-2H3,(H,21,25). The largest absolute Gasteiger partial charge is 0.495 e. The first kappa shape index (κ1) is 20.0. The van der Waals surface area contributed by atoms with Gasteiger partial charge in [0.1, 0.15) is 18.1 Å². The number of hydrogen-bond acceptors (Lipinski definition) is 6. The molecule has 0 bridgehead atoms. The van der Waals surface area contributed by atoms with Gasteiger partial charge in [0.2, 0.25) is 5.91 Å². The molecule has 1 amide bonds. The third-order valence-electron chi connectivity index (χ3n) is 3.82. The van der Waals surface area contributed by atoms with E-state index in [1.165, 1.54) is 11.8 Å². The lowest BCUT2D eigenvalue weighted by molar-refractivity contribution is -0.113. The minimum Gasteiger partial charge on any atom is -0.495 e. The van der Waals surface area contributed by atoms with Crippen molar-refractivity contribution in [3.8, 4) is 11.5 Å². The maximum Gasteiger partial charge on any atom is 0.234 e. The highest BCUT2D eigenvalue weighted by molar-refractivity contribution is 7.99. The first-order chi connectivity index (χ1) is 13.6. The zero-order valence-electron chi connectivity index (χ0n) is 15.4. The Balaban J connectivity index is 1.53. The quantitative estimate of drug-likeness (QED) is 0.561. The number of carbonyl (C=O) groups is 1. The molecule has 3 rings (SSSR count). The number of benzene rings is 2. The van der Waals surface area contributed by atoms with Crippen LogP contribution in [0.1, 0.15) is 5.82 Å². The van der Waals surface area contributed by atoms with Crippen LogP contribution in [0.25, 0.3) is 0 Å². The number of aromatic nitrogens is 3. The van der Waals surface area contributed by atoms with E-state index in [1.54, 1.807) is 48.1 Å². The van der Waals surface area contributed by atoms with Crippen molar-refractivity contribution in [3.63, 3.8) is 0 Å². The number of ether oxygens (including phenoxy) is 2. The molecule has 0 spiro atoms. The molecular weight excluding hydrogens is 400 g/mol. The van der Waals surface area contributed by atoms with Gasteiger partial charge < -0.3 is 19.4 Å². The molecule has 7 nitrogen and oxygen atoms in total. The molecule has 9 heteroatoms. The first-order valence-electron chi connectivity index (χ1n) is 8.39. The number of carbonyl (C=O) groups excluding carboxylic acids is 1. The second-order valence-electron chi connectivity index (χ2n) is 5.74. The van der Waals surface area contributed by atoms with E-state index in [-0.39, 0.29) is 18.3 Å². The van der Waals surface area contributed by atoms with Crippen molar-refractivity contribution in [2.75, 3.05) is 18.2 Å². The fraction of sp³-hybridized carbons (Fsp3) is 0.211. The van der Waals surface area contributed by atoms with Crippen LogP contribution in [0.15, 0.2) is 53.7 Å². The second kappa shape index (κ2) is 9.48. The van der Waals surface area contributed by atoms with Crippen LogP contribution in [0.4, 0.5) is 5.69 Å². The molecule has 146 valence electrons. The number of halogens is 1. The minimum absolute atomic E-state index is 0.156. The van der Waals surface area contributed by atoms with Crippen molar-refractivity contribution >= 4 is 35.0 Å². The van der Waals surface area contributed by atoms with Gasteiger partial charge in [0.15, 0.2) is 11.0 Å². The van der Waals surface area contributed by atoms with Crippen molar-refractivity contribution in [1.82, 2.24) is 14.8 Å². The Morgan fingerprint density at radius 1 is 1.18 bits per heavy atom. The van der Waals surface area contributed by atoms with E-state index in [2.05, 4.69) is 15.5 Å². The van der Waals surface area contributed by atoms with Gasteiger partial charge in [-0.05, 0) is 36.4 Å². The van der Waals surface area contributed by atoms with Gasteiger partial charge in [-0.2, -0.15) is 0 Å². The molecule has 3 aromatic rings. The lowest BCUT2D eigenvalue weighted by Crippen LogP contribution is -2.15. The van der Waals surface area contributed by atoms with E-state index in [4.69, 9.17) is 21.1 Å². The topological polar surface area (TPSA) is 78.3 Å². The first-order valence-corrected chi connectivity index (χ1v) is 9.75. The van der Waals surface area contributed by atoms with Crippen LogP contribution in [-0.4, -0.2) is 33.5 Å². The highest BCUT2D eigenvalue weighted by Crippen LogP contribution is 2.24. The van der Waals surface area contributed by atoms with Gasteiger partial charge in [-0.3, -0.25) is 4.79 Å². The predicted octanol–water partition coefficient (Wildman–Crippen LogP) is 3.79. The number of thioether (sulfide) groups is 1. The molecule has 1 heterocycles. The fourth-order valence-electron chi connectivity index (χ4n) is 2.34. The maximum atomic E-state index is 12.2. The number of methoxy groups -OCH3 is 1. The Kier molecular flexibility index (Phi) is 6.78. The van der Waals surface area contributed by atoms with Gasteiger partial charge in [-0.25, -0.2) is 0 Å². The van der Waals surface area contributed by atoms with Gasteiger partial charge in [-0.15, -0.1) is 10.2 Å². The van der Waals surface area contributed by atoms with Gasteiger partial charge in [0.05, 0.1) is 18.6 Å². The van der Waals surface area contributed by atoms with E-state index >= 15 is 0 Å². The molecule has 0 radical (unpaired) electrons. The molecule has 0 atom stereocenters. The smallest absolute Gasteiger partial charge is 0.234 e. The van der Waals surface area contributed by atoms with Crippen molar-refractivity contribution in [1.29, 1.82) is 0 Å². The SMILES string of the molecule is COc1ccccc1NC(=O)CSc1nnc(COc2ccc(Cl)cc2)n1C. The minimum atomic E-state index is -0.156. The highest BCUT2D eigenvalue weighted by Gasteiger charge is 2.13. The number of anilines is 1. The number of rotatable bonds is 8. The lowest BCUT2D eigenvalue weighted by atomic mass is 10.3. The Labute approximate surface area is 172 Å². The molecule has 1 N–H and O–H groups in total. The average molecular weight is 419 g/mol. The number of amides is 1. The summed E-state index contributed by atoms with van der Waals surface area (Å²) in [5, 5.41) is 12.4. The van der Waals surface area contributed by atoms with Crippen LogP contribution < -0.4 is 14.8 Å². The average Bonchev–Trinajstić information content (AvgIpc) is 3.06. The number of para-hydroxylation sites is 2. The molecule has 0 unspecified atom stereocenters. The van der Waals surface area contributed by atoms with E-state index in [0.717, 1.165) is 0 Å². The summed E-state index contributed by atoms with van der Waals surface area (Å²) in [5.41, 5.74) is 0.630. The van der Waals surface area contributed by atoms with Crippen LogP contribution in [-0.2, 0) is 18.4 Å². The molecule has 0 aliphatic rings. The molecule has 0 aliphatic heterocycles. The summed E-state index contributed by atoms with van der Waals surface area (Å²) >= 11 is 7.16. The molecule has 0 aliphatic carbocycles. The number of nitrogens with one attached hydrogen (secondary N) is 1. The Morgan fingerprint density at radius 2 is 1.93 bits per heavy atom. The van der Waals surface area contributed by atoms with Gasteiger partial charge >= 0.3 is 0 Å². The molecule has 0 fully saturated rings. The molecule has 0 saturated heterocycles.